The van der Waals surface area contributed by atoms with Crippen molar-refractivity contribution in [3.63, 3.8) is 0 Å². The number of nitrogens with zero attached hydrogens (tertiary/aromatic N) is 3. The summed E-state index contributed by atoms with van der Waals surface area (Å²) in [5.74, 6) is 0.279. The first-order valence-electron chi connectivity index (χ1n) is 10.9. The van der Waals surface area contributed by atoms with Crippen molar-refractivity contribution in [1.82, 2.24) is 15.0 Å². The molecular formula is C24H33N3O. The molecule has 0 saturated carbocycles. The van der Waals surface area contributed by atoms with Gasteiger partial charge >= 0.3 is 0 Å². The van der Waals surface area contributed by atoms with E-state index in [0.29, 0.717) is 0 Å². The van der Waals surface area contributed by atoms with E-state index in [0.717, 1.165) is 35.1 Å². The number of aromatic hydroxyl groups is 1. The van der Waals surface area contributed by atoms with E-state index >= 15 is 0 Å². The molecule has 2 aromatic carbocycles. The van der Waals surface area contributed by atoms with Crippen LogP contribution in [0.2, 0.25) is 0 Å². The third kappa shape index (κ3) is 6.08. The van der Waals surface area contributed by atoms with Crippen LogP contribution in [-0.4, -0.2) is 20.1 Å². The van der Waals surface area contributed by atoms with E-state index in [4.69, 9.17) is 0 Å². The van der Waals surface area contributed by atoms with Gasteiger partial charge in [0.05, 0.1) is 5.69 Å². The molecular weight excluding hydrogens is 346 g/mol. The highest BCUT2D eigenvalue weighted by Gasteiger charge is 2.07. The molecule has 0 radical (unpaired) electrons. The Morgan fingerprint density at radius 2 is 1.32 bits per heavy atom. The van der Waals surface area contributed by atoms with Crippen molar-refractivity contribution in [3.8, 4) is 11.4 Å². The maximum atomic E-state index is 10.1. The molecule has 0 aliphatic carbocycles. The molecule has 0 aliphatic rings. The average Bonchev–Trinajstić information content (AvgIpc) is 3.13. The van der Waals surface area contributed by atoms with Gasteiger partial charge in [-0.15, -0.1) is 10.2 Å². The normalized spacial score (nSPS) is 11.3. The third-order valence-electron chi connectivity index (χ3n) is 5.30. The molecule has 1 N–H and O–H groups in total. The monoisotopic (exact) mass is 379 g/mol. The van der Waals surface area contributed by atoms with E-state index in [2.05, 4.69) is 23.2 Å². The van der Waals surface area contributed by atoms with Gasteiger partial charge in [-0.3, -0.25) is 0 Å². The second-order valence-electron chi connectivity index (χ2n) is 7.77. The Morgan fingerprint density at radius 3 is 1.93 bits per heavy atom. The molecule has 150 valence electrons. The van der Waals surface area contributed by atoms with Gasteiger partial charge in [0.2, 0.25) is 0 Å². The minimum Gasteiger partial charge on any atom is -0.508 e. The molecule has 28 heavy (non-hydrogen) atoms. The number of fused-ring (bicyclic) bond motifs is 1. The van der Waals surface area contributed by atoms with Crippen molar-refractivity contribution in [3.05, 3.63) is 48.0 Å². The predicted molar refractivity (Wildman–Crippen MR) is 116 cm³/mol. The van der Waals surface area contributed by atoms with Crippen LogP contribution in [0.1, 0.15) is 76.7 Å². The smallest absolute Gasteiger partial charge is 0.118 e. The summed E-state index contributed by atoms with van der Waals surface area (Å²) in [6.45, 7) is 2.27. The third-order valence-corrected chi connectivity index (χ3v) is 5.30. The molecule has 0 bridgehead atoms. The molecule has 0 unspecified atom stereocenters. The van der Waals surface area contributed by atoms with Crippen LogP contribution in [0.15, 0.2) is 42.5 Å². The highest BCUT2D eigenvalue weighted by atomic mass is 16.3. The fourth-order valence-electron chi connectivity index (χ4n) is 3.71. The number of phenols is 1. The van der Waals surface area contributed by atoms with Gasteiger partial charge in [0.1, 0.15) is 16.8 Å². The quantitative estimate of drug-likeness (QED) is 0.361. The van der Waals surface area contributed by atoms with Gasteiger partial charge in [0, 0.05) is 6.07 Å². The van der Waals surface area contributed by atoms with Gasteiger partial charge in [-0.25, -0.2) is 0 Å². The Bertz CT molecular complexity index is 823. The minimum atomic E-state index is 0.279. The average molecular weight is 380 g/mol. The van der Waals surface area contributed by atoms with Crippen LogP contribution in [0, 0.1) is 0 Å². The maximum absolute atomic E-state index is 10.1. The number of unbranched alkanes of at least 4 members (excludes halogenated alkanes) is 9. The number of aromatic nitrogens is 3. The summed E-state index contributed by atoms with van der Waals surface area (Å²) in [7, 11) is 0. The fraction of sp³-hybridized carbons (Fsp3) is 0.500. The number of rotatable bonds is 12. The summed E-state index contributed by atoms with van der Waals surface area (Å²) in [5, 5.41) is 19.2. The lowest BCUT2D eigenvalue weighted by Gasteiger charge is -2.07. The molecule has 1 heterocycles. The molecule has 0 aliphatic heterocycles. The summed E-state index contributed by atoms with van der Waals surface area (Å²) >= 11 is 0. The van der Waals surface area contributed by atoms with Crippen LogP contribution < -0.4 is 0 Å². The van der Waals surface area contributed by atoms with Crippen LogP contribution in [-0.2, 0) is 6.42 Å². The number of phenolic OH excluding ortho intramolecular Hbond substituents is 1. The van der Waals surface area contributed by atoms with Crippen LogP contribution in [0.4, 0.5) is 0 Å². The van der Waals surface area contributed by atoms with Crippen LogP contribution in [0.25, 0.3) is 16.7 Å². The Hall–Kier alpha value is -2.36. The lowest BCUT2D eigenvalue weighted by atomic mass is 10.0. The van der Waals surface area contributed by atoms with Gasteiger partial charge in [-0.05, 0) is 42.7 Å². The van der Waals surface area contributed by atoms with Crippen molar-refractivity contribution in [1.29, 1.82) is 0 Å². The van der Waals surface area contributed by atoms with Gasteiger partial charge in [0.25, 0.3) is 0 Å². The van der Waals surface area contributed by atoms with Gasteiger partial charge in [-0.2, -0.15) is 4.80 Å². The molecule has 1 aromatic heterocycles. The SMILES string of the molecule is CCCCCCCCCCCCc1cc(O)cc(-n2nc3ccccc3n2)c1. The molecule has 0 amide bonds. The van der Waals surface area contributed by atoms with Crippen molar-refractivity contribution in [2.45, 2.75) is 77.6 Å². The van der Waals surface area contributed by atoms with E-state index in [-0.39, 0.29) is 5.75 Å². The Kier molecular flexibility index (Phi) is 7.89. The van der Waals surface area contributed by atoms with Crippen molar-refractivity contribution < 1.29 is 5.11 Å². The van der Waals surface area contributed by atoms with Crippen molar-refractivity contribution in [2.75, 3.05) is 0 Å². The Morgan fingerprint density at radius 1 is 0.750 bits per heavy atom. The predicted octanol–water partition coefficient (Wildman–Crippen LogP) is 6.59. The summed E-state index contributed by atoms with van der Waals surface area (Å²) in [6.07, 6.45) is 14.3. The van der Waals surface area contributed by atoms with E-state index in [1.807, 2.05) is 30.3 Å². The van der Waals surface area contributed by atoms with Gasteiger partial charge in [-0.1, -0.05) is 76.8 Å². The largest absolute Gasteiger partial charge is 0.508 e. The van der Waals surface area contributed by atoms with Gasteiger partial charge in [0.15, 0.2) is 0 Å². The number of aryl methyl sites for hydroxylation is 1. The first kappa shape index (κ1) is 20.4. The Balaban J connectivity index is 1.45. The van der Waals surface area contributed by atoms with Gasteiger partial charge < -0.3 is 5.11 Å². The summed E-state index contributed by atoms with van der Waals surface area (Å²) in [5.41, 5.74) is 3.69. The molecule has 4 heteroatoms. The lowest BCUT2D eigenvalue weighted by molar-refractivity contribution is 0.473. The zero-order chi connectivity index (χ0) is 19.6. The highest BCUT2D eigenvalue weighted by molar-refractivity contribution is 5.73. The molecule has 0 spiro atoms. The Labute approximate surface area is 168 Å². The molecule has 4 nitrogen and oxygen atoms in total. The van der Waals surface area contributed by atoms with E-state index in [9.17, 15) is 5.11 Å². The standard InChI is InChI=1S/C24H33N3O/c1-2-3-4-5-6-7-8-9-10-11-14-20-17-21(19-22(28)18-20)27-25-23-15-12-13-16-24(23)26-27/h12-13,15-19,28H,2-11,14H2,1H3. The fourth-order valence-corrected chi connectivity index (χ4v) is 3.71. The van der Waals surface area contributed by atoms with E-state index in [1.165, 1.54) is 57.8 Å². The maximum Gasteiger partial charge on any atom is 0.118 e. The molecule has 3 rings (SSSR count). The van der Waals surface area contributed by atoms with Crippen LogP contribution in [0.5, 0.6) is 5.75 Å². The highest BCUT2D eigenvalue weighted by Crippen LogP contribution is 2.21. The lowest BCUT2D eigenvalue weighted by Crippen LogP contribution is -1.99. The molecule has 0 atom stereocenters. The topological polar surface area (TPSA) is 50.9 Å². The van der Waals surface area contributed by atoms with E-state index < -0.39 is 0 Å². The van der Waals surface area contributed by atoms with Crippen LogP contribution >= 0.6 is 0 Å². The van der Waals surface area contributed by atoms with Crippen LogP contribution in [0.3, 0.4) is 0 Å². The second-order valence-corrected chi connectivity index (χ2v) is 7.77. The summed E-state index contributed by atoms with van der Waals surface area (Å²) < 4.78 is 0. The summed E-state index contributed by atoms with van der Waals surface area (Å²) in [6, 6.07) is 13.5. The number of benzene rings is 2. The molecule has 0 fully saturated rings. The van der Waals surface area contributed by atoms with Crippen molar-refractivity contribution >= 4 is 11.0 Å². The molecule has 3 aromatic rings. The second kappa shape index (κ2) is 10.8. The first-order chi connectivity index (χ1) is 13.8. The zero-order valence-electron chi connectivity index (χ0n) is 17.1. The minimum absolute atomic E-state index is 0.279. The number of hydrogen-bond donors (Lipinski definition) is 1. The summed E-state index contributed by atoms with van der Waals surface area (Å²) in [4.78, 5) is 1.62. The number of hydrogen-bond acceptors (Lipinski definition) is 3. The zero-order valence-corrected chi connectivity index (χ0v) is 17.1. The van der Waals surface area contributed by atoms with E-state index in [1.54, 1.807) is 10.9 Å². The first-order valence-corrected chi connectivity index (χ1v) is 10.9. The molecule has 0 saturated heterocycles. The van der Waals surface area contributed by atoms with Crippen molar-refractivity contribution in [2.24, 2.45) is 0 Å².